The highest BCUT2D eigenvalue weighted by Crippen LogP contribution is 2.08. The average molecular weight is 473 g/mol. The van der Waals surface area contributed by atoms with Gasteiger partial charge in [-0.2, -0.15) is 9.98 Å². The van der Waals surface area contributed by atoms with Gasteiger partial charge >= 0.3 is 0 Å². The summed E-state index contributed by atoms with van der Waals surface area (Å²) in [6, 6.07) is 11.4. The summed E-state index contributed by atoms with van der Waals surface area (Å²) < 4.78 is 25.8. The quantitative estimate of drug-likeness (QED) is 0.185. The van der Waals surface area contributed by atoms with Gasteiger partial charge in [-0.1, -0.05) is 12.8 Å². The molecule has 0 amide bonds. The van der Waals surface area contributed by atoms with Crippen LogP contribution in [0.1, 0.15) is 25.7 Å². The molecule has 0 aromatic heterocycles. The monoisotopic (exact) mass is 472 g/mol. The molecular formula is C22H30F2N10. The number of rotatable bonds is 9. The van der Waals surface area contributed by atoms with E-state index in [9.17, 15) is 8.78 Å². The molecule has 0 bridgehead atoms. The first-order chi connectivity index (χ1) is 16.3. The molecule has 0 unspecified atom stereocenters. The van der Waals surface area contributed by atoms with E-state index in [4.69, 9.17) is 22.9 Å². The van der Waals surface area contributed by atoms with Crippen molar-refractivity contribution in [3.8, 4) is 0 Å². The van der Waals surface area contributed by atoms with Crippen molar-refractivity contribution in [2.75, 3.05) is 23.7 Å². The maximum atomic E-state index is 12.9. The molecule has 2 aromatic carbocycles. The van der Waals surface area contributed by atoms with E-state index in [0.29, 0.717) is 24.5 Å². The summed E-state index contributed by atoms with van der Waals surface area (Å²) in [5.41, 5.74) is 24.2. The highest BCUT2D eigenvalue weighted by atomic mass is 19.1. The number of aliphatic imine (C=N–C) groups is 4. The highest BCUT2D eigenvalue weighted by Gasteiger charge is 1.99. The van der Waals surface area contributed by atoms with Crippen molar-refractivity contribution in [3.05, 3.63) is 60.2 Å². The number of halogens is 2. The largest absolute Gasteiger partial charge is 0.369 e. The summed E-state index contributed by atoms with van der Waals surface area (Å²) in [5.74, 6) is -0.417. The van der Waals surface area contributed by atoms with Gasteiger partial charge in [0.15, 0.2) is 0 Å². The van der Waals surface area contributed by atoms with E-state index >= 15 is 0 Å². The number of benzene rings is 2. The van der Waals surface area contributed by atoms with Crippen molar-refractivity contribution in [1.82, 2.24) is 0 Å². The van der Waals surface area contributed by atoms with Crippen molar-refractivity contribution in [2.45, 2.75) is 25.7 Å². The zero-order valence-corrected chi connectivity index (χ0v) is 18.7. The number of anilines is 2. The van der Waals surface area contributed by atoms with Gasteiger partial charge in [0.1, 0.15) is 11.6 Å². The van der Waals surface area contributed by atoms with Crippen LogP contribution in [0.25, 0.3) is 0 Å². The van der Waals surface area contributed by atoms with Crippen LogP contribution in [0.3, 0.4) is 0 Å². The van der Waals surface area contributed by atoms with Gasteiger partial charge < -0.3 is 33.6 Å². The second kappa shape index (κ2) is 14.0. The first kappa shape index (κ1) is 26.0. The van der Waals surface area contributed by atoms with Gasteiger partial charge in [0.25, 0.3) is 0 Å². The molecule has 0 saturated heterocycles. The van der Waals surface area contributed by atoms with Gasteiger partial charge in [-0.05, 0) is 61.4 Å². The third kappa shape index (κ3) is 10.9. The zero-order valence-electron chi connectivity index (χ0n) is 18.7. The third-order valence-electron chi connectivity index (χ3n) is 4.32. The molecule has 12 heteroatoms. The smallest absolute Gasteiger partial charge is 0.218 e. The third-order valence-corrected chi connectivity index (χ3v) is 4.32. The molecule has 10 nitrogen and oxygen atoms in total. The van der Waals surface area contributed by atoms with E-state index in [2.05, 4.69) is 30.6 Å². The van der Waals surface area contributed by atoms with Crippen LogP contribution in [-0.2, 0) is 0 Å². The molecule has 0 radical (unpaired) electrons. The van der Waals surface area contributed by atoms with Crippen LogP contribution in [-0.4, -0.2) is 36.9 Å². The predicted octanol–water partition coefficient (Wildman–Crippen LogP) is 2.31. The Labute approximate surface area is 197 Å². The van der Waals surface area contributed by atoms with Gasteiger partial charge in [0, 0.05) is 24.5 Å². The molecule has 0 atom stereocenters. The second-order valence-corrected chi connectivity index (χ2v) is 7.15. The lowest BCUT2D eigenvalue weighted by atomic mass is 10.2. The maximum Gasteiger partial charge on any atom is 0.218 e. The Balaban J connectivity index is 1.61. The average Bonchev–Trinajstić information content (AvgIpc) is 2.78. The van der Waals surface area contributed by atoms with Gasteiger partial charge in [-0.25, -0.2) is 8.78 Å². The van der Waals surface area contributed by atoms with E-state index < -0.39 is 0 Å². The van der Waals surface area contributed by atoms with Crippen LogP contribution in [0, 0.1) is 11.6 Å². The number of unbranched alkanes of at least 4 members (excludes halogenated alkanes) is 3. The van der Waals surface area contributed by atoms with Crippen molar-refractivity contribution < 1.29 is 8.78 Å². The highest BCUT2D eigenvalue weighted by molar-refractivity contribution is 6.01. The van der Waals surface area contributed by atoms with Crippen molar-refractivity contribution in [2.24, 2.45) is 42.9 Å². The van der Waals surface area contributed by atoms with Gasteiger partial charge in [0.2, 0.25) is 23.8 Å². The first-order valence-electron chi connectivity index (χ1n) is 10.6. The number of hydrogen-bond acceptors (Lipinski definition) is 2. The van der Waals surface area contributed by atoms with E-state index in [1.54, 1.807) is 0 Å². The fourth-order valence-corrected chi connectivity index (χ4v) is 2.70. The number of guanidine groups is 4. The van der Waals surface area contributed by atoms with Crippen molar-refractivity contribution in [3.63, 3.8) is 0 Å². The minimum absolute atomic E-state index is 0.0641. The molecule has 182 valence electrons. The Morgan fingerprint density at radius 1 is 0.588 bits per heavy atom. The molecule has 0 heterocycles. The van der Waals surface area contributed by atoms with E-state index in [-0.39, 0.29) is 35.5 Å². The standard InChI is InChI=1S/C22H30F2N10/c23-15-5-9-17(10-6-15)31-21(27)33-19(25)29-13-3-1-2-4-14-30-20(26)34-22(28)32-18-11-7-16(24)8-12-18/h5-12H,1-4,13-14H2,(H5,25,27,29,31,33)(H5,26,28,30,32,34). The summed E-state index contributed by atoms with van der Waals surface area (Å²) in [6.07, 6.45) is 3.51. The Bertz CT molecular complexity index is 931. The van der Waals surface area contributed by atoms with Crippen LogP contribution in [0.5, 0.6) is 0 Å². The normalized spacial score (nSPS) is 13.1. The van der Waals surface area contributed by atoms with E-state index in [1.807, 2.05) is 0 Å². The SMILES string of the molecule is NC(=NCCCCCCN=C(N)N=C(N)Nc1ccc(F)cc1)N=C(N)Nc1ccc(F)cc1. The van der Waals surface area contributed by atoms with Crippen molar-refractivity contribution in [1.29, 1.82) is 0 Å². The van der Waals surface area contributed by atoms with Crippen LogP contribution in [0.4, 0.5) is 20.2 Å². The topological polar surface area (TPSA) is 178 Å². The van der Waals surface area contributed by atoms with Crippen LogP contribution in [0.15, 0.2) is 68.5 Å². The lowest BCUT2D eigenvalue weighted by Crippen LogP contribution is -2.26. The zero-order chi connectivity index (χ0) is 24.8. The van der Waals surface area contributed by atoms with Crippen LogP contribution in [0.2, 0.25) is 0 Å². The molecule has 0 fully saturated rings. The van der Waals surface area contributed by atoms with Gasteiger partial charge in [-0.15, -0.1) is 0 Å². The minimum atomic E-state index is -0.341. The first-order valence-corrected chi connectivity index (χ1v) is 10.6. The molecule has 0 aliphatic rings. The lowest BCUT2D eigenvalue weighted by molar-refractivity contribution is 0.627. The number of nitrogens with one attached hydrogen (secondary N) is 2. The number of nitrogens with two attached hydrogens (primary N) is 4. The molecule has 10 N–H and O–H groups in total. The van der Waals surface area contributed by atoms with Crippen molar-refractivity contribution >= 4 is 35.2 Å². The molecule has 0 aliphatic heterocycles. The molecule has 34 heavy (non-hydrogen) atoms. The predicted molar refractivity (Wildman–Crippen MR) is 135 cm³/mol. The van der Waals surface area contributed by atoms with E-state index in [0.717, 1.165) is 25.7 Å². The van der Waals surface area contributed by atoms with Crippen LogP contribution >= 0.6 is 0 Å². The Morgan fingerprint density at radius 2 is 0.941 bits per heavy atom. The molecule has 2 aromatic rings. The summed E-state index contributed by atoms with van der Waals surface area (Å²) >= 11 is 0. The fraction of sp³-hybridized carbons (Fsp3) is 0.273. The summed E-state index contributed by atoms with van der Waals surface area (Å²) in [4.78, 5) is 16.2. The molecule has 0 saturated carbocycles. The summed E-state index contributed by atoms with van der Waals surface area (Å²) in [7, 11) is 0. The lowest BCUT2D eigenvalue weighted by Gasteiger charge is -2.05. The number of hydrogen-bond donors (Lipinski definition) is 6. The Kier molecular flexibility index (Phi) is 10.7. The number of nitrogens with zero attached hydrogens (tertiary/aromatic N) is 4. The molecule has 0 spiro atoms. The molecule has 2 rings (SSSR count). The molecular weight excluding hydrogens is 442 g/mol. The van der Waals surface area contributed by atoms with Gasteiger partial charge in [0.05, 0.1) is 0 Å². The minimum Gasteiger partial charge on any atom is -0.369 e. The molecule has 0 aliphatic carbocycles. The summed E-state index contributed by atoms with van der Waals surface area (Å²) in [5, 5.41) is 5.61. The van der Waals surface area contributed by atoms with E-state index in [1.165, 1.54) is 48.5 Å². The summed E-state index contributed by atoms with van der Waals surface area (Å²) in [6.45, 7) is 1.03. The maximum absolute atomic E-state index is 12.9. The fourth-order valence-electron chi connectivity index (χ4n) is 2.70. The second-order valence-electron chi connectivity index (χ2n) is 7.15. The Morgan fingerprint density at radius 3 is 1.29 bits per heavy atom. The van der Waals surface area contributed by atoms with Gasteiger partial charge in [-0.3, -0.25) is 9.98 Å². The van der Waals surface area contributed by atoms with Crippen LogP contribution < -0.4 is 33.6 Å². The Hall–Kier alpha value is -4.22.